The third kappa shape index (κ3) is 5.95. The third-order valence-corrected chi connectivity index (χ3v) is 6.42. The Bertz CT molecular complexity index is 1020. The molecule has 168 valence electrons. The fourth-order valence-corrected chi connectivity index (χ4v) is 4.94. The van der Waals surface area contributed by atoms with E-state index in [1.165, 1.54) is 11.3 Å². The second-order valence-electron chi connectivity index (χ2n) is 8.20. The molecule has 1 heterocycles. The maximum atomic E-state index is 12.6. The van der Waals surface area contributed by atoms with Crippen molar-refractivity contribution in [2.45, 2.75) is 52.0 Å². The minimum absolute atomic E-state index is 0.132. The van der Waals surface area contributed by atoms with Crippen LogP contribution in [0.2, 0.25) is 0 Å². The molecule has 0 bridgehead atoms. The summed E-state index contributed by atoms with van der Waals surface area (Å²) in [4.78, 5) is 38.6. The first-order chi connectivity index (χ1) is 15.4. The van der Waals surface area contributed by atoms with Gasteiger partial charge in [0.15, 0.2) is 6.61 Å². The van der Waals surface area contributed by atoms with Gasteiger partial charge in [-0.2, -0.15) is 5.26 Å². The largest absolute Gasteiger partial charge is 0.454 e. The number of esters is 1. The Morgan fingerprint density at radius 1 is 1.16 bits per heavy atom. The lowest BCUT2D eigenvalue weighted by atomic mass is 9.96. The molecule has 1 aliphatic rings. The maximum absolute atomic E-state index is 12.6. The lowest BCUT2D eigenvalue weighted by Gasteiger charge is -2.19. The van der Waals surface area contributed by atoms with Gasteiger partial charge in [-0.25, -0.2) is 4.79 Å². The molecule has 32 heavy (non-hydrogen) atoms. The highest BCUT2D eigenvalue weighted by Crippen LogP contribution is 2.37. The standard InChI is InChI=1S/C24H27N3O4S/c1-15(2)12-19(26-22(29)16-8-4-3-5-9-16)24(30)31-14-21(28)27-23-18(13-25)17-10-6-7-11-20(17)32-23/h3-5,8-9,15,19H,6-7,10-12,14H2,1-2H3,(H,26,29)(H,27,28)/t19-/m0/s1. The van der Waals surface area contributed by atoms with Crippen LogP contribution in [0.1, 0.15) is 59.5 Å². The Hall–Kier alpha value is -3.18. The molecule has 0 radical (unpaired) electrons. The van der Waals surface area contributed by atoms with Crippen LogP contribution in [0.3, 0.4) is 0 Å². The summed E-state index contributed by atoms with van der Waals surface area (Å²) in [6.07, 6.45) is 4.26. The molecule has 1 aromatic carbocycles. The van der Waals surface area contributed by atoms with Gasteiger partial charge in [-0.1, -0.05) is 32.0 Å². The third-order valence-electron chi connectivity index (χ3n) is 5.21. The number of nitrogens with zero attached hydrogens (tertiary/aromatic N) is 1. The van der Waals surface area contributed by atoms with Crippen molar-refractivity contribution in [3.05, 3.63) is 51.9 Å². The van der Waals surface area contributed by atoms with Gasteiger partial charge in [-0.3, -0.25) is 9.59 Å². The van der Waals surface area contributed by atoms with E-state index in [0.717, 1.165) is 36.1 Å². The number of carbonyl (C=O) groups is 3. The molecule has 2 aromatic rings. The fraction of sp³-hybridized carbons (Fsp3) is 0.417. The number of carbonyl (C=O) groups excluding carboxylic acids is 3. The molecule has 0 saturated carbocycles. The number of nitrogens with one attached hydrogen (secondary N) is 2. The van der Waals surface area contributed by atoms with Crippen molar-refractivity contribution < 1.29 is 19.1 Å². The van der Waals surface area contributed by atoms with Gasteiger partial charge >= 0.3 is 5.97 Å². The van der Waals surface area contributed by atoms with Crippen molar-refractivity contribution in [3.63, 3.8) is 0 Å². The molecule has 1 aliphatic carbocycles. The second kappa shape index (κ2) is 10.9. The quantitative estimate of drug-likeness (QED) is 0.591. The van der Waals surface area contributed by atoms with Gasteiger partial charge in [-0.05, 0) is 55.7 Å². The molecular formula is C24H27N3O4S. The van der Waals surface area contributed by atoms with Gasteiger partial charge in [0, 0.05) is 10.4 Å². The van der Waals surface area contributed by atoms with Gasteiger partial charge < -0.3 is 15.4 Å². The molecule has 1 atom stereocenters. The Morgan fingerprint density at radius 3 is 2.56 bits per heavy atom. The van der Waals surface area contributed by atoms with Gasteiger partial charge in [0.2, 0.25) is 0 Å². The second-order valence-corrected chi connectivity index (χ2v) is 9.31. The normalized spacial score (nSPS) is 13.6. The predicted octanol–water partition coefficient (Wildman–Crippen LogP) is 3.82. The topological polar surface area (TPSA) is 108 Å². The number of amides is 2. The molecule has 0 aliphatic heterocycles. The number of thiophene rings is 1. The molecule has 1 aromatic heterocycles. The minimum Gasteiger partial charge on any atom is -0.454 e. The lowest BCUT2D eigenvalue weighted by Crippen LogP contribution is -2.43. The van der Waals surface area contributed by atoms with Crippen LogP contribution in [0.25, 0.3) is 0 Å². The highest BCUT2D eigenvalue weighted by Gasteiger charge is 2.26. The molecule has 0 fully saturated rings. The van der Waals surface area contributed by atoms with Crippen molar-refractivity contribution in [1.29, 1.82) is 5.26 Å². The van der Waals surface area contributed by atoms with Crippen LogP contribution in [0, 0.1) is 17.2 Å². The van der Waals surface area contributed by atoms with Crippen LogP contribution in [-0.2, 0) is 27.2 Å². The number of rotatable bonds is 8. The molecule has 7 nitrogen and oxygen atoms in total. The summed E-state index contributed by atoms with van der Waals surface area (Å²) in [5.74, 6) is -1.41. The molecular weight excluding hydrogens is 426 g/mol. The number of fused-ring (bicyclic) bond motifs is 1. The van der Waals surface area contributed by atoms with Crippen LogP contribution in [-0.4, -0.2) is 30.4 Å². The average molecular weight is 454 g/mol. The van der Waals surface area contributed by atoms with E-state index in [0.29, 0.717) is 22.5 Å². The van der Waals surface area contributed by atoms with E-state index in [4.69, 9.17) is 4.74 Å². The smallest absolute Gasteiger partial charge is 0.329 e. The van der Waals surface area contributed by atoms with Crippen molar-refractivity contribution in [3.8, 4) is 6.07 Å². The highest BCUT2D eigenvalue weighted by molar-refractivity contribution is 7.16. The Morgan fingerprint density at radius 2 is 1.88 bits per heavy atom. The van der Waals surface area contributed by atoms with E-state index in [9.17, 15) is 19.6 Å². The minimum atomic E-state index is -0.862. The van der Waals surface area contributed by atoms with Gasteiger partial charge in [0.05, 0.1) is 5.56 Å². The van der Waals surface area contributed by atoms with Crippen molar-refractivity contribution in [2.75, 3.05) is 11.9 Å². The first kappa shape index (κ1) is 23.5. The maximum Gasteiger partial charge on any atom is 0.329 e. The highest BCUT2D eigenvalue weighted by atomic mass is 32.1. The van der Waals surface area contributed by atoms with E-state index in [1.807, 2.05) is 13.8 Å². The average Bonchev–Trinajstić information content (AvgIpc) is 3.14. The molecule has 2 N–H and O–H groups in total. The molecule has 8 heteroatoms. The number of anilines is 1. The van der Waals surface area contributed by atoms with E-state index in [1.54, 1.807) is 30.3 Å². The van der Waals surface area contributed by atoms with E-state index in [-0.39, 0.29) is 11.8 Å². The SMILES string of the molecule is CC(C)C[C@H](NC(=O)c1ccccc1)C(=O)OCC(=O)Nc1sc2c(c1C#N)CCCC2. The van der Waals surface area contributed by atoms with Crippen molar-refractivity contribution in [2.24, 2.45) is 5.92 Å². The number of hydrogen-bond acceptors (Lipinski definition) is 6. The van der Waals surface area contributed by atoms with E-state index in [2.05, 4.69) is 16.7 Å². The Kier molecular flexibility index (Phi) is 8.01. The fourth-order valence-electron chi connectivity index (χ4n) is 3.69. The van der Waals surface area contributed by atoms with Gasteiger partial charge in [0.1, 0.15) is 17.1 Å². The lowest BCUT2D eigenvalue weighted by molar-refractivity contribution is -0.149. The number of hydrogen-bond donors (Lipinski definition) is 2. The van der Waals surface area contributed by atoms with Gasteiger partial charge in [-0.15, -0.1) is 11.3 Å². The summed E-state index contributed by atoms with van der Waals surface area (Å²) >= 11 is 1.42. The Labute approximate surface area is 191 Å². The number of aryl methyl sites for hydroxylation is 1. The summed E-state index contributed by atoms with van der Waals surface area (Å²) in [5.41, 5.74) is 1.98. The number of benzene rings is 1. The van der Waals surface area contributed by atoms with Crippen molar-refractivity contribution in [1.82, 2.24) is 5.32 Å². The molecule has 0 unspecified atom stereocenters. The Balaban J connectivity index is 1.59. The van der Waals surface area contributed by atoms with Crippen LogP contribution in [0.15, 0.2) is 30.3 Å². The zero-order valence-electron chi connectivity index (χ0n) is 18.3. The zero-order chi connectivity index (χ0) is 23.1. The van der Waals surface area contributed by atoms with E-state index >= 15 is 0 Å². The molecule has 2 amide bonds. The summed E-state index contributed by atoms with van der Waals surface area (Å²) in [7, 11) is 0. The first-order valence-electron chi connectivity index (χ1n) is 10.8. The van der Waals surface area contributed by atoms with Crippen LogP contribution in [0.4, 0.5) is 5.00 Å². The van der Waals surface area contributed by atoms with Gasteiger partial charge in [0.25, 0.3) is 11.8 Å². The van der Waals surface area contributed by atoms with Crippen LogP contribution < -0.4 is 10.6 Å². The monoisotopic (exact) mass is 453 g/mol. The van der Waals surface area contributed by atoms with Crippen LogP contribution >= 0.6 is 11.3 Å². The predicted molar refractivity (Wildman–Crippen MR) is 122 cm³/mol. The summed E-state index contributed by atoms with van der Waals surface area (Å²) in [6.45, 7) is 3.38. The summed E-state index contributed by atoms with van der Waals surface area (Å²) in [6, 6.07) is 9.94. The summed E-state index contributed by atoms with van der Waals surface area (Å²) < 4.78 is 5.21. The van der Waals surface area contributed by atoms with Crippen molar-refractivity contribution >= 4 is 34.1 Å². The molecule has 0 saturated heterocycles. The number of ether oxygens (including phenoxy) is 1. The first-order valence-corrected chi connectivity index (χ1v) is 11.6. The zero-order valence-corrected chi connectivity index (χ0v) is 19.1. The number of nitriles is 1. The molecule has 0 spiro atoms. The van der Waals surface area contributed by atoms with E-state index < -0.39 is 24.5 Å². The molecule has 3 rings (SSSR count). The van der Waals surface area contributed by atoms with Crippen LogP contribution in [0.5, 0.6) is 0 Å². The summed E-state index contributed by atoms with van der Waals surface area (Å²) in [5, 5.41) is 15.4.